The molecule has 1 aromatic heterocycles. The minimum atomic E-state index is 0.0678. The Hall–Kier alpha value is -1.07. The van der Waals surface area contributed by atoms with Crippen molar-refractivity contribution in [2.24, 2.45) is 5.73 Å². The fourth-order valence-electron chi connectivity index (χ4n) is 2.53. The molecular weight excluding hydrogens is 228 g/mol. The van der Waals surface area contributed by atoms with Crippen molar-refractivity contribution in [1.82, 2.24) is 9.55 Å². The zero-order chi connectivity index (χ0) is 12.7. The molecule has 1 saturated carbocycles. The monoisotopic (exact) mass is 250 g/mol. The van der Waals surface area contributed by atoms with Gasteiger partial charge < -0.3 is 19.9 Å². The van der Waals surface area contributed by atoms with Crippen LogP contribution in [0.1, 0.15) is 31.5 Å². The Balaban J connectivity index is 1.81. The SMILES string of the molecule is Cc1cn(C2CC2)c(N2CCOC(C(C)N)C2)n1. The van der Waals surface area contributed by atoms with E-state index in [4.69, 9.17) is 10.5 Å². The summed E-state index contributed by atoms with van der Waals surface area (Å²) in [5.74, 6) is 1.10. The third-order valence-electron chi connectivity index (χ3n) is 3.74. The first-order valence-corrected chi connectivity index (χ1v) is 6.83. The third-order valence-corrected chi connectivity index (χ3v) is 3.74. The second-order valence-corrected chi connectivity index (χ2v) is 5.54. The summed E-state index contributed by atoms with van der Waals surface area (Å²) < 4.78 is 8.04. The Morgan fingerprint density at radius 3 is 2.94 bits per heavy atom. The molecule has 5 heteroatoms. The number of aromatic nitrogens is 2. The molecule has 5 nitrogen and oxygen atoms in total. The number of nitrogens with zero attached hydrogens (tertiary/aromatic N) is 3. The van der Waals surface area contributed by atoms with Crippen molar-refractivity contribution in [3.63, 3.8) is 0 Å². The van der Waals surface area contributed by atoms with E-state index in [2.05, 4.69) is 27.6 Å². The maximum Gasteiger partial charge on any atom is 0.206 e. The number of aryl methyl sites for hydroxylation is 1. The number of morpholine rings is 1. The quantitative estimate of drug-likeness (QED) is 0.872. The Labute approximate surface area is 108 Å². The summed E-state index contributed by atoms with van der Waals surface area (Å²) in [6.45, 7) is 6.56. The van der Waals surface area contributed by atoms with Gasteiger partial charge >= 0.3 is 0 Å². The highest BCUT2D eigenvalue weighted by molar-refractivity contribution is 5.36. The van der Waals surface area contributed by atoms with E-state index in [1.165, 1.54) is 12.8 Å². The van der Waals surface area contributed by atoms with Crippen LogP contribution >= 0.6 is 0 Å². The normalized spacial score (nSPS) is 26.4. The first-order valence-electron chi connectivity index (χ1n) is 6.83. The molecule has 2 unspecified atom stereocenters. The Bertz CT molecular complexity index is 425. The van der Waals surface area contributed by atoms with Gasteiger partial charge in [-0.2, -0.15) is 0 Å². The van der Waals surface area contributed by atoms with Crippen LogP contribution in [-0.4, -0.2) is 41.4 Å². The molecule has 2 fully saturated rings. The van der Waals surface area contributed by atoms with Crippen LogP contribution in [0.2, 0.25) is 0 Å². The Kier molecular flexibility index (Phi) is 3.03. The van der Waals surface area contributed by atoms with Gasteiger partial charge in [-0.05, 0) is 26.7 Å². The maximum absolute atomic E-state index is 5.94. The van der Waals surface area contributed by atoms with E-state index < -0.39 is 0 Å². The van der Waals surface area contributed by atoms with Crippen molar-refractivity contribution >= 4 is 5.95 Å². The molecule has 0 bridgehead atoms. The molecule has 1 aliphatic heterocycles. The lowest BCUT2D eigenvalue weighted by molar-refractivity contribution is 0.0268. The van der Waals surface area contributed by atoms with Crippen LogP contribution in [0.4, 0.5) is 5.95 Å². The summed E-state index contributed by atoms with van der Waals surface area (Å²) in [7, 11) is 0. The summed E-state index contributed by atoms with van der Waals surface area (Å²) in [5, 5.41) is 0. The molecule has 0 radical (unpaired) electrons. The van der Waals surface area contributed by atoms with Crippen molar-refractivity contribution in [2.75, 3.05) is 24.6 Å². The van der Waals surface area contributed by atoms with Gasteiger partial charge in [-0.15, -0.1) is 0 Å². The van der Waals surface area contributed by atoms with Crippen LogP contribution in [-0.2, 0) is 4.74 Å². The van der Waals surface area contributed by atoms with Crippen LogP contribution in [0.25, 0.3) is 0 Å². The average molecular weight is 250 g/mol. The first kappa shape index (κ1) is 12.0. The highest BCUT2D eigenvalue weighted by Crippen LogP contribution is 2.38. The van der Waals surface area contributed by atoms with Gasteiger partial charge in [0.2, 0.25) is 5.95 Å². The molecule has 2 atom stereocenters. The van der Waals surface area contributed by atoms with E-state index in [-0.39, 0.29) is 12.1 Å². The summed E-state index contributed by atoms with van der Waals surface area (Å²) in [6, 6.07) is 0.732. The van der Waals surface area contributed by atoms with E-state index in [9.17, 15) is 0 Å². The third kappa shape index (κ3) is 2.24. The lowest BCUT2D eigenvalue weighted by Gasteiger charge is -2.35. The number of imidazole rings is 1. The molecule has 1 aliphatic carbocycles. The minimum absolute atomic E-state index is 0.0678. The van der Waals surface area contributed by atoms with Crippen molar-refractivity contribution < 1.29 is 4.74 Å². The van der Waals surface area contributed by atoms with Crippen LogP contribution in [0.3, 0.4) is 0 Å². The summed E-state index contributed by atoms with van der Waals surface area (Å²) in [5.41, 5.74) is 7.04. The second kappa shape index (κ2) is 4.55. The van der Waals surface area contributed by atoms with Gasteiger partial charge in [0.1, 0.15) is 0 Å². The standard InChI is InChI=1S/C13H22N4O/c1-9-7-17(11-3-4-11)13(15-9)16-5-6-18-12(8-16)10(2)14/h7,10-12H,3-6,8,14H2,1-2H3. The predicted molar refractivity (Wildman–Crippen MR) is 70.8 cm³/mol. The summed E-state index contributed by atoms with van der Waals surface area (Å²) in [6.07, 6.45) is 4.85. The number of nitrogens with two attached hydrogens (primary N) is 1. The smallest absolute Gasteiger partial charge is 0.206 e. The lowest BCUT2D eigenvalue weighted by Crippen LogP contribution is -2.50. The predicted octanol–water partition coefficient (Wildman–Crippen LogP) is 1.08. The van der Waals surface area contributed by atoms with Crippen LogP contribution in [0.15, 0.2) is 6.20 Å². The lowest BCUT2D eigenvalue weighted by atomic mass is 10.1. The second-order valence-electron chi connectivity index (χ2n) is 5.54. The van der Waals surface area contributed by atoms with Crippen molar-refractivity contribution in [3.05, 3.63) is 11.9 Å². The highest BCUT2D eigenvalue weighted by Gasteiger charge is 2.31. The van der Waals surface area contributed by atoms with E-state index in [1.54, 1.807) is 0 Å². The van der Waals surface area contributed by atoms with Crippen molar-refractivity contribution in [1.29, 1.82) is 0 Å². The van der Waals surface area contributed by atoms with Gasteiger partial charge in [0, 0.05) is 31.4 Å². The molecule has 2 heterocycles. The minimum Gasteiger partial charge on any atom is -0.373 e. The molecule has 2 N–H and O–H groups in total. The van der Waals surface area contributed by atoms with Crippen molar-refractivity contribution in [2.45, 2.75) is 44.9 Å². The first-order chi connectivity index (χ1) is 8.65. The number of hydrogen-bond donors (Lipinski definition) is 1. The maximum atomic E-state index is 5.94. The molecule has 0 amide bonds. The molecule has 3 rings (SSSR count). The van der Waals surface area contributed by atoms with E-state index in [0.717, 1.165) is 31.3 Å². The molecule has 2 aliphatic rings. The largest absolute Gasteiger partial charge is 0.373 e. The number of anilines is 1. The molecular formula is C13H22N4O. The number of ether oxygens (including phenoxy) is 1. The number of hydrogen-bond acceptors (Lipinski definition) is 4. The number of rotatable bonds is 3. The Morgan fingerprint density at radius 1 is 1.50 bits per heavy atom. The van der Waals surface area contributed by atoms with E-state index >= 15 is 0 Å². The Morgan fingerprint density at radius 2 is 2.28 bits per heavy atom. The molecule has 1 aromatic rings. The van der Waals surface area contributed by atoms with E-state index in [1.807, 2.05) is 6.92 Å². The van der Waals surface area contributed by atoms with Crippen LogP contribution < -0.4 is 10.6 Å². The van der Waals surface area contributed by atoms with Gasteiger partial charge in [-0.1, -0.05) is 0 Å². The average Bonchev–Trinajstić information content (AvgIpc) is 3.12. The molecule has 100 valence electrons. The van der Waals surface area contributed by atoms with Gasteiger partial charge in [0.15, 0.2) is 0 Å². The van der Waals surface area contributed by atoms with Gasteiger partial charge in [-0.3, -0.25) is 0 Å². The van der Waals surface area contributed by atoms with Gasteiger partial charge in [0.05, 0.1) is 18.4 Å². The van der Waals surface area contributed by atoms with Crippen LogP contribution in [0.5, 0.6) is 0 Å². The molecule has 18 heavy (non-hydrogen) atoms. The van der Waals surface area contributed by atoms with Gasteiger partial charge in [0.25, 0.3) is 0 Å². The topological polar surface area (TPSA) is 56.3 Å². The molecule has 0 aromatic carbocycles. The van der Waals surface area contributed by atoms with Crippen LogP contribution in [0, 0.1) is 6.92 Å². The van der Waals surface area contributed by atoms with E-state index in [0.29, 0.717) is 6.04 Å². The zero-order valence-corrected chi connectivity index (χ0v) is 11.2. The fraction of sp³-hybridized carbons (Fsp3) is 0.769. The summed E-state index contributed by atoms with van der Waals surface area (Å²) in [4.78, 5) is 7.00. The molecule has 0 spiro atoms. The zero-order valence-electron chi connectivity index (χ0n) is 11.2. The highest BCUT2D eigenvalue weighted by atomic mass is 16.5. The molecule has 1 saturated heterocycles. The fourth-order valence-corrected chi connectivity index (χ4v) is 2.53. The summed E-state index contributed by atoms with van der Waals surface area (Å²) >= 11 is 0. The van der Waals surface area contributed by atoms with Crippen molar-refractivity contribution in [3.8, 4) is 0 Å². The van der Waals surface area contributed by atoms with Gasteiger partial charge in [-0.25, -0.2) is 4.98 Å².